The number of aromatic nitrogens is 2. The largest absolute Gasteiger partial charge is 0.304 e. The number of fused-ring (bicyclic) bond motifs is 1. The summed E-state index contributed by atoms with van der Waals surface area (Å²) in [4.78, 5) is 18.0. The predicted octanol–water partition coefficient (Wildman–Crippen LogP) is 6.49. The zero-order chi connectivity index (χ0) is 20.5. The summed E-state index contributed by atoms with van der Waals surface area (Å²) in [6, 6.07) is 13.7. The average Bonchev–Trinajstić information content (AvgIpc) is 2.70. The third-order valence-corrected chi connectivity index (χ3v) is 4.87. The Morgan fingerprint density at radius 2 is 1.89 bits per heavy atom. The van der Waals surface area contributed by atoms with Crippen molar-refractivity contribution in [2.75, 3.05) is 0 Å². The van der Waals surface area contributed by atoms with Crippen molar-refractivity contribution in [3.05, 3.63) is 95.5 Å². The number of benzene rings is 1. The first-order valence-corrected chi connectivity index (χ1v) is 10.2. The molecule has 2 heterocycles. The van der Waals surface area contributed by atoms with Crippen LogP contribution in [0.4, 0.5) is 0 Å². The monoisotopic (exact) mass is 390 g/mol. The van der Waals surface area contributed by atoms with Crippen LogP contribution in [0.25, 0.3) is 16.6 Å². The fourth-order valence-electron chi connectivity index (χ4n) is 2.74. The molecule has 3 rings (SSSR count). The molecule has 0 bridgehead atoms. The van der Waals surface area contributed by atoms with Crippen molar-refractivity contribution in [1.29, 1.82) is 0 Å². The maximum atomic E-state index is 12.7. The third kappa shape index (κ3) is 4.90. The second kappa shape index (κ2) is 10.5. The minimum atomic E-state index is -0.0272. The van der Waals surface area contributed by atoms with Crippen LogP contribution in [0.3, 0.4) is 0 Å². The molecular weight excluding hydrogens is 364 g/mol. The number of rotatable bonds is 5. The van der Waals surface area contributed by atoms with Crippen LogP contribution in [0.15, 0.2) is 94.3 Å². The molecule has 144 valence electrons. The predicted molar refractivity (Wildman–Crippen MR) is 122 cm³/mol. The van der Waals surface area contributed by atoms with E-state index >= 15 is 0 Å². The Balaban J connectivity index is 0.00000136. The van der Waals surface area contributed by atoms with Gasteiger partial charge in [-0.3, -0.25) is 9.78 Å². The highest BCUT2D eigenvalue weighted by Gasteiger charge is 2.13. The maximum Gasteiger partial charge on any atom is 0.192 e. The standard InChI is InChI=1S/C22H20N2OS.C2H6/c1-4-9-17(10-5-2)24-20-13-16(3)23-15-19(20)21(25)14-22(24)26-18-11-7-6-8-12-18;1-2/h4-15H,1H2,2-3H3;1-2H3/b10-5-,17-9+;. The summed E-state index contributed by atoms with van der Waals surface area (Å²) in [5, 5.41) is 1.46. The molecule has 0 fully saturated rings. The topological polar surface area (TPSA) is 34.9 Å². The minimum absolute atomic E-state index is 0.0272. The molecule has 28 heavy (non-hydrogen) atoms. The zero-order valence-electron chi connectivity index (χ0n) is 16.8. The molecule has 0 spiro atoms. The van der Waals surface area contributed by atoms with Gasteiger partial charge in [-0.25, -0.2) is 0 Å². The molecule has 0 aliphatic carbocycles. The summed E-state index contributed by atoms with van der Waals surface area (Å²) >= 11 is 1.56. The zero-order valence-corrected chi connectivity index (χ0v) is 17.7. The Bertz CT molecular complexity index is 1060. The van der Waals surface area contributed by atoms with E-state index in [1.807, 2.05) is 82.3 Å². The van der Waals surface area contributed by atoms with Gasteiger partial charge in [-0.1, -0.05) is 62.5 Å². The molecule has 0 atom stereocenters. The number of nitrogens with zero attached hydrogens (tertiary/aromatic N) is 2. The van der Waals surface area contributed by atoms with Crippen molar-refractivity contribution in [2.45, 2.75) is 37.6 Å². The van der Waals surface area contributed by atoms with E-state index in [4.69, 9.17) is 0 Å². The van der Waals surface area contributed by atoms with Crippen LogP contribution in [0.2, 0.25) is 0 Å². The molecule has 0 amide bonds. The van der Waals surface area contributed by atoms with Gasteiger partial charge in [0.15, 0.2) is 5.43 Å². The van der Waals surface area contributed by atoms with Crippen molar-refractivity contribution in [2.24, 2.45) is 0 Å². The van der Waals surface area contributed by atoms with Crippen molar-refractivity contribution in [3.8, 4) is 0 Å². The van der Waals surface area contributed by atoms with E-state index in [0.29, 0.717) is 5.39 Å². The number of hydrogen-bond acceptors (Lipinski definition) is 3. The fraction of sp³-hybridized carbons (Fsp3) is 0.167. The van der Waals surface area contributed by atoms with Gasteiger partial charge in [0.25, 0.3) is 0 Å². The fourth-order valence-corrected chi connectivity index (χ4v) is 3.74. The summed E-state index contributed by atoms with van der Waals surface area (Å²) in [5.74, 6) is 0. The van der Waals surface area contributed by atoms with Crippen LogP contribution in [0, 0.1) is 6.92 Å². The molecule has 0 saturated heterocycles. The van der Waals surface area contributed by atoms with Gasteiger partial charge in [-0.15, -0.1) is 0 Å². The Hall–Kier alpha value is -2.85. The summed E-state index contributed by atoms with van der Waals surface area (Å²) < 4.78 is 2.09. The van der Waals surface area contributed by atoms with E-state index in [1.54, 1.807) is 30.1 Å². The van der Waals surface area contributed by atoms with Crippen molar-refractivity contribution >= 4 is 28.4 Å². The Labute approximate surface area is 171 Å². The maximum absolute atomic E-state index is 12.7. The lowest BCUT2D eigenvalue weighted by molar-refractivity contribution is 0.985. The lowest BCUT2D eigenvalue weighted by Crippen LogP contribution is -2.11. The van der Waals surface area contributed by atoms with Gasteiger partial charge >= 0.3 is 0 Å². The molecule has 3 aromatic rings. The van der Waals surface area contributed by atoms with E-state index in [-0.39, 0.29) is 5.43 Å². The first kappa shape index (κ1) is 21.5. The quantitative estimate of drug-likeness (QED) is 0.467. The van der Waals surface area contributed by atoms with Crippen molar-refractivity contribution in [1.82, 2.24) is 9.55 Å². The van der Waals surface area contributed by atoms with E-state index in [0.717, 1.165) is 26.8 Å². The van der Waals surface area contributed by atoms with E-state index in [1.165, 1.54) is 0 Å². The van der Waals surface area contributed by atoms with Gasteiger partial charge in [-0.05, 0) is 44.2 Å². The minimum Gasteiger partial charge on any atom is -0.304 e. The first-order valence-electron chi connectivity index (χ1n) is 9.35. The summed E-state index contributed by atoms with van der Waals surface area (Å²) in [6.45, 7) is 11.7. The van der Waals surface area contributed by atoms with Crippen LogP contribution in [0.5, 0.6) is 0 Å². The van der Waals surface area contributed by atoms with Gasteiger partial charge in [0, 0.05) is 28.5 Å². The molecular formula is C24H26N2OS. The number of allylic oxidation sites excluding steroid dienone is 5. The third-order valence-electron chi connectivity index (χ3n) is 3.85. The SMILES string of the molecule is C=C/C=C(\C=C/C)n1c(Sc2ccccc2)cc(=O)c2cnc(C)cc21.CC. The molecule has 0 saturated carbocycles. The van der Waals surface area contributed by atoms with Crippen LogP contribution in [-0.2, 0) is 0 Å². The molecule has 0 aliphatic heterocycles. The summed E-state index contributed by atoms with van der Waals surface area (Å²) in [6.07, 6.45) is 9.33. The molecule has 0 N–H and O–H groups in total. The first-order chi connectivity index (χ1) is 13.6. The van der Waals surface area contributed by atoms with Crippen molar-refractivity contribution in [3.63, 3.8) is 0 Å². The van der Waals surface area contributed by atoms with Crippen molar-refractivity contribution < 1.29 is 0 Å². The van der Waals surface area contributed by atoms with E-state index in [2.05, 4.69) is 16.1 Å². The highest BCUT2D eigenvalue weighted by atomic mass is 32.2. The smallest absolute Gasteiger partial charge is 0.192 e. The molecule has 3 nitrogen and oxygen atoms in total. The number of aryl methyl sites for hydroxylation is 1. The highest BCUT2D eigenvalue weighted by Crippen LogP contribution is 2.31. The van der Waals surface area contributed by atoms with Gasteiger partial charge in [0.2, 0.25) is 0 Å². The molecule has 0 unspecified atom stereocenters. The van der Waals surface area contributed by atoms with E-state index in [9.17, 15) is 4.79 Å². The summed E-state index contributed by atoms with van der Waals surface area (Å²) in [7, 11) is 0. The van der Waals surface area contributed by atoms with Crippen LogP contribution in [0.1, 0.15) is 26.5 Å². The molecule has 4 heteroatoms. The lowest BCUT2D eigenvalue weighted by Gasteiger charge is -2.17. The van der Waals surface area contributed by atoms with Crippen LogP contribution >= 0.6 is 11.8 Å². The van der Waals surface area contributed by atoms with Gasteiger partial charge in [0.1, 0.15) is 0 Å². The highest BCUT2D eigenvalue weighted by molar-refractivity contribution is 7.99. The van der Waals surface area contributed by atoms with Crippen LogP contribution < -0.4 is 5.43 Å². The van der Waals surface area contributed by atoms with Gasteiger partial charge in [-0.2, -0.15) is 0 Å². The second-order valence-electron chi connectivity index (χ2n) is 5.77. The number of pyridine rings is 2. The number of hydrogen-bond donors (Lipinski definition) is 0. The molecule has 1 aromatic carbocycles. The Morgan fingerprint density at radius 3 is 2.54 bits per heavy atom. The van der Waals surface area contributed by atoms with Gasteiger partial charge in [0.05, 0.1) is 15.9 Å². The van der Waals surface area contributed by atoms with Crippen LogP contribution in [-0.4, -0.2) is 9.55 Å². The van der Waals surface area contributed by atoms with E-state index < -0.39 is 0 Å². The van der Waals surface area contributed by atoms with Gasteiger partial charge < -0.3 is 4.57 Å². The normalized spacial score (nSPS) is 11.4. The molecule has 0 aliphatic rings. The lowest BCUT2D eigenvalue weighted by atomic mass is 10.2. The average molecular weight is 391 g/mol. The Morgan fingerprint density at radius 1 is 1.18 bits per heavy atom. The Kier molecular flexibility index (Phi) is 8.02. The summed E-state index contributed by atoms with van der Waals surface area (Å²) in [5.41, 5.74) is 2.62. The second-order valence-corrected chi connectivity index (χ2v) is 6.86. The molecule has 0 radical (unpaired) electrons. The molecule has 2 aromatic heterocycles.